The van der Waals surface area contributed by atoms with E-state index in [1.165, 1.54) is 0 Å². The topological polar surface area (TPSA) is 21.7 Å². The number of hydrogen-bond acceptors (Lipinski definition) is 3. The van der Waals surface area contributed by atoms with Crippen molar-refractivity contribution < 1.29 is 9.47 Å². The van der Waals surface area contributed by atoms with E-state index in [-0.39, 0.29) is 6.23 Å². The first-order chi connectivity index (χ1) is 6.69. The van der Waals surface area contributed by atoms with Crippen molar-refractivity contribution >= 4 is 0 Å². The molecule has 14 heavy (non-hydrogen) atoms. The van der Waals surface area contributed by atoms with Gasteiger partial charge < -0.3 is 9.47 Å². The quantitative estimate of drug-likeness (QED) is 0.685. The van der Waals surface area contributed by atoms with Crippen LogP contribution >= 0.6 is 0 Å². The molecule has 0 aromatic heterocycles. The molecule has 0 saturated heterocycles. The van der Waals surface area contributed by atoms with Gasteiger partial charge in [0.2, 0.25) is 0 Å². The van der Waals surface area contributed by atoms with E-state index in [2.05, 4.69) is 0 Å². The van der Waals surface area contributed by atoms with Crippen LogP contribution < -0.4 is 4.74 Å². The predicted molar refractivity (Wildman–Crippen MR) is 56.4 cm³/mol. The smallest absolute Gasteiger partial charge is 0.135 e. The van der Waals surface area contributed by atoms with E-state index < -0.39 is 0 Å². The first-order valence-corrected chi connectivity index (χ1v) is 4.52. The summed E-state index contributed by atoms with van der Waals surface area (Å²) in [5, 5.41) is 0. The molecule has 78 valence electrons. The van der Waals surface area contributed by atoms with Crippen LogP contribution in [-0.2, 0) is 4.74 Å². The zero-order valence-corrected chi connectivity index (χ0v) is 9.15. The lowest BCUT2D eigenvalue weighted by Gasteiger charge is -2.22. The summed E-state index contributed by atoms with van der Waals surface area (Å²) in [5.74, 6) is 0.863. The highest BCUT2D eigenvalue weighted by Gasteiger charge is 2.11. The lowest BCUT2D eigenvalue weighted by atomic mass is 10.2. The van der Waals surface area contributed by atoms with E-state index >= 15 is 0 Å². The van der Waals surface area contributed by atoms with Crippen molar-refractivity contribution in [3.8, 4) is 5.75 Å². The molecule has 1 rings (SSSR count). The van der Waals surface area contributed by atoms with Crippen LogP contribution in [0.5, 0.6) is 5.75 Å². The zero-order chi connectivity index (χ0) is 10.6. The van der Waals surface area contributed by atoms with E-state index in [9.17, 15) is 0 Å². The molecule has 0 N–H and O–H groups in total. The molecule has 0 saturated carbocycles. The van der Waals surface area contributed by atoms with Gasteiger partial charge in [-0.25, -0.2) is 0 Å². The molecule has 0 bridgehead atoms. The summed E-state index contributed by atoms with van der Waals surface area (Å²) >= 11 is 0. The van der Waals surface area contributed by atoms with Crippen LogP contribution in [0.1, 0.15) is 11.8 Å². The van der Waals surface area contributed by atoms with Gasteiger partial charge in [0.15, 0.2) is 0 Å². The van der Waals surface area contributed by atoms with Crippen LogP contribution in [0.3, 0.4) is 0 Å². The van der Waals surface area contributed by atoms with Crippen molar-refractivity contribution in [1.82, 2.24) is 4.90 Å². The SMILES string of the molecule is COc1ccc(C(OC)N(C)C)cc1. The van der Waals surface area contributed by atoms with Gasteiger partial charge in [-0.3, -0.25) is 4.90 Å². The molecular formula is C11H17NO2. The Morgan fingerprint density at radius 1 is 1.07 bits per heavy atom. The maximum atomic E-state index is 5.36. The van der Waals surface area contributed by atoms with Gasteiger partial charge in [0.25, 0.3) is 0 Å². The molecule has 0 aliphatic heterocycles. The van der Waals surface area contributed by atoms with Gasteiger partial charge in [-0.1, -0.05) is 12.1 Å². The third kappa shape index (κ3) is 2.47. The summed E-state index contributed by atoms with van der Waals surface area (Å²) in [6, 6.07) is 7.88. The van der Waals surface area contributed by atoms with Crippen molar-refractivity contribution in [2.24, 2.45) is 0 Å². The summed E-state index contributed by atoms with van der Waals surface area (Å²) in [7, 11) is 7.33. The average Bonchev–Trinajstić information content (AvgIpc) is 2.19. The third-order valence-corrected chi connectivity index (χ3v) is 2.09. The van der Waals surface area contributed by atoms with Gasteiger partial charge in [0.1, 0.15) is 12.0 Å². The number of ether oxygens (including phenoxy) is 2. The molecular weight excluding hydrogens is 178 g/mol. The van der Waals surface area contributed by atoms with Crippen LogP contribution in [0.4, 0.5) is 0 Å². The maximum absolute atomic E-state index is 5.36. The monoisotopic (exact) mass is 195 g/mol. The van der Waals surface area contributed by atoms with Crippen molar-refractivity contribution in [1.29, 1.82) is 0 Å². The van der Waals surface area contributed by atoms with Crippen LogP contribution in [-0.4, -0.2) is 33.2 Å². The van der Waals surface area contributed by atoms with Gasteiger partial charge in [-0.2, -0.15) is 0 Å². The highest BCUT2D eigenvalue weighted by Crippen LogP contribution is 2.21. The number of hydrogen-bond donors (Lipinski definition) is 0. The number of methoxy groups -OCH3 is 2. The van der Waals surface area contributed by atoms with Gasteiger partial charge in [-0.15, -0.1) is 0 Å². The number of rotatable bonds is 4. The summed E-state index contributed by atoms with van der Waals surface area (Å²) in [6.07, 6.45) is 0.000839. The maximum Gasteiger partial charge on any atom is 0.135 e. The van der Waals surface area contributed by atoms with Crippen LogP contribution in [0, 0.1) is 0 Å². The van der Waals surface area contributed by atoms with Crippen LogP contribution in [0.25, 0.3) is 0 Å². The fraction of sp³-hybridized carbons (Fsp3) is 0.455. The largest absolute Gasteiger partial charge is 0.497 e. The normalized spacial score (nSPS) is 12.9. The molecule has 1 aromatic rings. The van der Waals surface area contributed by atoms with E-state index in [1.54, 1.807) is 14.2 Å². The molecule has 0 aliphatic carbocycles. The standard InChI is InChI=1S/C11H17NO2/c1-12(2)11(14-4)9-5-7-10(13-3)8-6-9/h5-8,11H,1-4H3. The lowest BCUT2D eigenvalue weighted by Crippen LogP contribution is -2.21. The molecule has 1 aromatic carbocycles. The van der Waals surface area contributed by atoms with Crippen LogP contribution in [0.15, 0.2) is 24.3 Å². The minimum absolute atomic E-state index is 0.000839. The molecule has 0 spiro atoms. The summed E-state index contributed by atoms with van der Waals surface area (Å²) in [6.45, 7) is 0. The molecule has 1 unspecified atom stereocenters. The Bertz CT molecular complexity index is 269. The van der Waals surface area contributed by atoms with Crippen LogP contribution in [0.2, 0.25) is 0 Å². The highest BCUT2D eigenvalue weighted by atomic mass is 16.5. The molecule has 0 fully saturated rings. The molecule has 0 heterocycles. The van der Waals surface area contributed by atoms with Gasteiger partial charge in [0, 0.05) is 7.11 Å². The Hall–Kier alpha value is -1.06. The van der Waals surface area contributed by atoms with Gasteiger partial charge >= 0.3 is 0 Å². The predicted octanol–water partition coefficient (Wildman–Crippen LogP) is 1.90. The molecule has 1 atom stereocenters. The van der Waals surface area contributed by atoms with Crippen molar-refractivity contribution in [3.63, 3.8) is 0 Å². The third-order valence-electron chi connectivity index (χ3n) is 2.09. The average molecular weight is 195 g/mol. The molecule has 0 amide bonds. The first kappa shape index (κ1) is 11.0. The summed E-state index contributed by atoms with van der Waals surface area (Å²) in [4.78, 5) is 2.02. The Morgan fingerprint density at radius 3 is 2.00 bits per heavy atom. The highest BCUT2D eigenvalue weighted by molar-refractivity contribution is 5.28. The second-order valence-electron chi connectivity index (χ2n) is 3.32. The van der Waals surface area contributed by atoms with E-state index in [0.717, 1.165) is 11.3 Å². The van der Waals surface area contributed by atoms with E-state index in [4.69, 9.17) is 9.47 Å². The Morgan fingerprint density at radius 2 is 1.64 bits per heavy atom. The Kier molecular flexibility index (Phi) is 3.92. The van der Waals surface area contributed by atoms with Crippen molar-refractivity contribution in [3.05, 3.63) is 29.8 Å². The number of benzene rings is 1. The molecule has 0 radical (unpaired) electrons. The van der Waals surface area contributed by atoms with Crippen molar-refractivity contribution in [2.75, 3.05) is 28.3 Å². The molecule has 0 aliphatic rings. The Balaban J connectivity index is 2.84. The minimum Gasteiger partial charge on any atom is -0.497 e. The summed E-state index contributed by atoms with van der Waals surface area (Å²) in [5.41, 5.74) is 1.12. The molecule has 3 nitrogen and oxygen atoms in total. The second-order valence-corrected chi connectivity index (χ2v) is 3.32. The van der Waals surface area contributed by atoms with E-state index in [1.807, 2.05) is 43.3 Å². The molecule has 3 heteroatoms. The van der Waals surface area contributed by atoms with Gasteiger partial charge in [-0.05, 0) is 31.8 Å². The Labute approximate surface area is 85.2 Å². The fourth-order valence-electron chi connectivity index (χ4n) is 1.41. The zero-order valence-electron chi connectivity index (χ0n) is 9.15. The number of nitrogens with zero attached hydrogens (tertiary/aromatic N) is 1. The minimum atomic E-state index is 0.000839. The fourth-order valence-corrected chi connectivity index (χ4v) is 1.41. The summed E-state index contributed by atoms with van der Waals surface area (Å²) < 4.78 is 10.4. The van der Waals surface area contributed by atoms with E-state index in [0.29, 0.717) is 0 Å². The second kappa shape index (κ2) is 4.98. The van der Waals surface area contributed by atoms with Gasteiger partial charge in [0.05, 0.1) is 7.11 Å². The van der Waals surface area contributed by atoms with Crippen molar-refractivity contribution in [2.45, 2.75) is 6.23 Å². The first-order valence-electron chi connectivity index (χ1n) is 4.52. The lowest BCUT2D eigenvalue weighted by molar-refractivity contribution is -0.00542.